The summed E-state index contributed by atoms with van der Waals surface area (Å²) in [5.74, 6) is 0. The second-order valence-electron chi connectivity index (χ2n) is 4.43. The van der Waals surface area contributed by atoms with Crippen LogP contribution in [0.15, 0.2) is 42.5 Å². The van der Waals surface area contributed by atoms with E-state index in [1.54, 1.807) is 0 Å². The Morgan fingerprint density at radius 3 is 2.53 bits per heavy atom. The van der Waals surface area contributed by atoms with E-state index in [9.17, 15) is 5.11 Å². The molecule has 1 atom stereocenters. The molecule has 0 spiro atoms. The van der Waals surface area contributed by atoms with E-state index in [4.69, 9.17) is 5.73 Å². The van der Waals surface area contributed by atoms with Crippen LogP contribution in [0.3, 0.4) is 0 Å². The molecule has 0 saturated heterocycles. The van der Waals surface area contributed by atoms with Gasteiger partial charge >= 0.3 is 0 Å². The molecular formula is C15H17NO. The number of aliphatic hydroxyl groups excluding tert-OH is 1. The Kier molecular flexibility index (Phi) is 3.16. The number of benzene rings is 2. The standard InChI is InChI=1S/C15H17NO/c1-10-6-7-11(2)14(8-10)15(17)12-4-3-5-13(16)9-12/h3-9,15,17H,16H2,1-2H3/t15-/m0/s1. The number of hydrogen-bond donors (Lipinski definition) is 2. The van der Waals surface area contributed by atoms with Gasteiger partial charge in [0.2, 0.25) is 0 Å². The lowest BCUT2D eigenvalue weighted by atomic mass is 9.96. The minimum atomic E-state index is -0.613. The van der Waals surface area contributed by atoms with Crippen LogP contribution >= 0.6 is 0 Å². The molecule has 0 heterocycles. The van der Waals surface area contributed by atoms with Gasteiger partial charge in [-0.25, -0.2) is 0 Å². The first-order chi connectivity index (χ1) is 8.08. The van der Waals surface area contributed by atoms with Gasteiger partial charge < -0.3 is 10.8 Å². The maximum Gasteiger partial charge on any atom is 0.104 e. The van der Waals surface area contributed by atoms with Crippen molar-refractivity contribution in [2.24, 2.45) is 0 Å². The summed E-state index contributed by atoms with van der Waals surface area (Å²) in [5, 5.41) is 10.4. The Bertz CT molecular complexity index is 534. The Balaban J connectivity index is 2.43. The third kappa shape index (κ3) is 2.48. The van der Waals surface area contributed by atoms with Gasteiger partial charge in [0.15, 0.2) is 0 Å². The highest BCUT2D eigenvalue weighted by Crippen LogP contribution is 2.26. The van der Waals surface area contributed by atoms with E-state index in [1.165, 1.54) is 0 Å². The van der Waals surface area contributed by atoms with Crippen LogP contribution in [0.25, 0.3) is 0 Å². The zero-order valence-corrected chi connectivity index (χ0v) is 10.1. The Morgan fingerprint density at radius 1 is 1.06 bits per heavy atom. The van der Waals surface area contributed by atoms with E-state index in [0.717, 1.165) is 22.3 Å². The number of hydrogen-bond acceptors (Lipinski definition) is 2. The number of nitrogens with two attached hydrogens (primary N) is 1. The van der Waals surface area contributed by atoms with Crippen molar-refractivity contribution < 1.29 is 5.11 Å². The molecule has 17 heavy (non-hydrogen) atoms. The Morgan fingerprint density at radius 2 is 1.82 bits per heavy atom. The van der Waals surface area contributed by atoms with Gasteiger partial charge in [0.25, 0.3) is 0 Å². The van der Waals surface area contributed by atoms with Crippen molar-refractivity contribution in [1.82, 2.24) is 0 Å². The third-order valence-electron chi connectivity index (χ3n) is 2.96. The maximum absolute atomic E-state index is 10.4. The summed E-state index contributed by atoms with van der Waals surface area (Å²) in [6.07, 6.45) is -0.613. The molecule has 0 aliphatic rings. The fourth-order valence-electron chi connectivity index (χ4n) is 1.96. The van der Waals surface area contributed by atoms with Crippen molar-refractivity contribution in [3.63, 3.8) is 0 Å². The molecule has 0 amide bonds. The van der Waals surface area contributed by atoms with Crippen LogP contribution in [0, 0.1) is 13.8 Å². The van der Waals surface area contributed by atoms with Gasteiger partial charge in [-0.3, -0.25) is 0 Å². The second-order valence-corrected chi connectivity index (χ2v) is 4.43. The van der Waals surface area contributed by atoms with Crippen LogP contribution in [0.1, 0.15) is 28.4 Å². The lowest BCUT2D eigenvalue weighted by Gasteiger charge is -2.15. The monoisotopic (exact) mass is 227 g/mol. The van der Waals surface area contributed by atoms with Gasteiger partial charge in [-0.15, -0.1) is 0 Å². The predicted molar refractivity (Wildman–Crippen MR) is 70.8 cm³/mol. The molecule has 0 fully saturated rings. The molecule has 2 rings (SSSR count). The van der Waals surface area contributed by atoms with E-state index >= 15 is 0 Å². The number of aliphatic hydroxyl groups is 1. The molecule has 2 nitrogen and oxygen atoms in total. The molecule has 0 aliphatic carbocycles. The maximum atomic E-state index is 10.4. The molecule has 0 unspecified atom stereocenters. The minimum absolute atomic E-state index is 0.613. The number of nitrogen functional groups attached to an aromatic ring is 1. The average molecular weight is 227 g/mol. The Hall–Kier alpha value is -1.80. The van der Waals surface area contributed by atoms with Gasteiger partial charge in [0.05, 0.1) is 0 Å². The molecular weight excluding hydrogens is 210 g/mol. The average Bonchev–Trinajstić information content (AvgIpc) is 2.31. The highest BCUT2D eigenvalue weighted by atomic mass is 16.3. The zero-order chi connectivity index (χ0) is 12.4. The van der Waals surface area contributed by atoms with Crippen LogP contribution < -0.4 is 5.73 Å². The van der Waals surface area contributed by atoms with E-state index < -0.39 is 6.10 Å². The summed E-state index contributed by atoms with van der Waals surface area (Å²) in [5.41, 5.74) is 10.4. The van der Waals surface area contributed by atoms with Crippen molar-refractivity contribution in [2.75, 3.05) is 5.73 Å². The van der Waals surface area contributed by atoms with Crippen LogP contribution in [0.4, 0.5) is 5.69 Å². The van der Waals surface area contributed by atoms with Crippen LogP contribution in [0.5, 0.6) is 0 Å². The summed E-state index contributed by atoms with van der Waals surface area (Å²) in [6, 6.07) is 13.5. The molecule has 2 aromatic carbocycles. The summed E-state index contributed by atoms with van der Waals surface area (Å²) in [4.78, 5) is 0. The molecule has 2 heteroatoms. The highest BCUT2D eigenvalue weighted by Gasteiger charge is 2.13. The molecule has 0 aromatic heterocycles. The number of rotatable bonds is 2. The lowest BCUT2D eigenvalue weighted by molar-refractivity contribution is 0.219. The van der Waals surface area contributed by atoms with E-state index in [-0.39, 0.29) is 0 Å². The van der Waals surface area contributed by atoms with Gasteiger partial charge in [-0.1, -0.05) is 35.9 Å². The molecule has 88 valence electrons. The topological polar surface area (TPSA) is 46.2 Å². The fourth-order valence-corrected chi connectivity index (χ4v) is 1.96. The lowest BCUT2D eigenvalue weighted by Crippen LogP contribution is -2.03. The molecule has 2 aromatic rings. The van der Waals surface area contributed by atoms with E-state index in [2.05, 4.69) is 0 Å². The molecule has 0 radical (unpaired) electrons. The highest BCUT2D eigenvalue weighted by molar-refractivity contribution is 5.45. The first kappa shape index (κ1) is 11.7. The van der Waals surface area contributed by atoms with Crippen molar-refractivity contribution in [1.29, 1.82) is 0 Å². The van der Waals surface area contributed by atoms with Gasteiger partial charge in [0, 0.05) is 5.69 Å². The van der Waals surface area contributed by atoms with Crippen LogP contribution in [-0.2, 0) is 0 Å². The van der Waals surface area contributed by atoms with Gasteiger partial charge in [-0.2, -0.15) is 0 Å². The van der Waals surface area contributed by atoms with Gasteiger partial charge in [0.1, 0.15) is 6.10 Å². The first-order valence-electron chi connectivity index (χ1n) is 5.68. The van der Waals surface area contributed by atoms with Crippen molar-refractivity contribution >= 4 is 5.69 Å². The van der Waals surface area contributed by atoms with E-state index in [0.29, 0.717) is 5.69 Å². The summed E-state index contributed by atoms with van der Waals surface area (Å²) >= 11 is 0. The zero-order valence-electron chi connectivity index (χ0n) is 10.1. The van der Waals surface area contributed by atoms with Gasteiger partial charge in [-0.05, 0) is 42.7 Å². The molecule has 0 saturated carbocycles. The molecule has 0 bridgehead atoms. The minimum Gasteiger partial charge on any atom is -0.399 e. The Labute approximate surface area is 102 Å². The number of aryl methyl sites for hydroxylation is 2. The summed E-state index contributed by atoms with van der Waals surface area (Å²) in [6.45, 7) is 4.03. The normalized spacial score (nSPS) is 12.4. The SMILES string of the molecule is Cc1ccc(C)c([C@@H](O)c2cccc(N)c2)c1. The largest absolute Gasteiger partial charge is 0.399 e. The van der Waals surface area contributed by atoms with Crippen LogP contribution in [-0.4, -0.2) is 5.11 Å². The fraction of sp³-hybridized carbons (Fsp3) is 0.200. The summed E-state index contributed by atoms with van der Waals surface area (Å²) < 4.78 is 0. The third-order valence-corrected chi connectivity index (χ3v) is 2.96. The number of anilines is 1. The summed E-state index contributed by atoms with van der Waals surface area (Å²) in [7, 11) is 0. The van der Waals surface area contributed by atoms with Crippen molar-refractivity contribution in [3.05, 3.63) is 64.7 Å². The first-order valence-corrected chi connectivity index (χ1v) is 5.68. The van der Waals surface area contributed by atoms with Crippen molar-refractivity contribution in [3.8, 4) is 0 Å². The quantitative estimate of drug-likeness (QED) is 0.775. The smallest absolute Gasteiger partial charge is 0.104 e. The van der Waals surface area contributed by atoms with E-state index in [1.807, 2.05) is 56.3 Å². The van der Waals surface area contributed by atoms with Crippen molar-refractivity contribution in [2.45, 2.75) is 20.0 Å². The molecule has 3 N–H and O–H groups in total. The second kappa shape index (κ2) is 4.60. The van der Waals surface area contributed by atoms with Crippen LogP contribution in [0.2, 0.25) is 0 Å². The molecule has 0 aliphatic heterocycles. The predicted octanol–water partition coefficient (Wildman–Crippen LogP) is 2.97.